The molecular formula is C16H22F3N3O4. The smallest absolute Gasteiger partial charge is 0.378 e. The van der Waals surface area contributed by atoms with Gasteiger partial charge in [-0.05, 0) is 12.8 Å². The molecule has 1 amide bonds. The third-order valence-electron chi connectivity index (χ3n) is 4.30. The second-order valence-corrected chi connectivity index (χ2v) is 6.22. The lowest BCUT2D eigenvalue weighted by Gasteiger charge is -2.18. The van der Waals surface area contributed by atoms with Gasteiger partial charge < -0.3 is 10.1 Å². The van der Waals surface area contributed by atoms with Gasteiger partial charge in [-0.1, -0.05) is 12.8 Å². The lowest BCUT2D eigenvalue weighted by molar-refractivity contribution is -0.139. The predicted octanol–water partition coefficient (Wildman–Crippen LogP) is 1.30. The lowest BCUT2D eigenvalue weighted by atomic mass is 10.2. The molecule has 7 nitrogen and oxygen atoms in total. The maximum Gasteiger partial charge on any atom is 0.423 e. The van der Waals surface area contributed by atoms with E-state index in [0.29, 0.717) is 23.6 Å². The highest BCUT2D eigenvalue weighted by molar-refractivity contribution is 5.72. The van der Waals surface area contributed by atoms with E-state index in [4.69, 9.17) is 4.74 Å². The SMILES string of the molecule is CC(=O)NCCOCCn1c(=O)c(C(F)(F)F)cn(C2CCCC2)c1=O. The fourth-order valence-electron chi connectivity index (χ4n) is 3.01. The van der Waals surface area contributed by atoms with Crippen LogP contribution in [0.15, 0.2) is 15.8 Å². The number of aromatic nitrogens is 2. The Labute approximate surface area is 147 Å². The highest BCUT2D eigenvalue weighted by Crippen LogP contribution is 2.30. The molecule has 1 N–H and O–H groups in total. The molecule has 2 rings (SSSR count). The number of hydrogen-bond donors (Lipinski definition) is 1. The molecule has 0 bridgehead atoms. The topological polar surface area (TPSA) is 82.3 Å². The summed E-state index contributed by atoms with van der Waals surface area (Å²) in [5.74, 6) is -0.234. The summed E-state index contributed by atoms with van der Waals surface area (Å²) >= 11 is 0. The van der Waals surface area contributed by atoms with Crippen molar-refractivity contribution in [2.45, 2.75) is 51.4 Å². The van der Waals surface area contributed by atoms with Gasteiger partial charge in [-0.15, -0.1) is 0 Å². The molecule has 0 saturated heterocycles. The van der Waals surface area contributed by atoms with Crippen LogP contribution in [0.4, 0.5) is 13.2 Å². The Balaban J connectivity index is 2.20. The number of nitrogens with zero attached hydrogens (tertiary/aromatic N) is 2. The minimum absolute atomic E-state index is 0.110. The van der Waals surface area contributed by atoms with Gasteiger partial charge in [0, 0.05) is 25.7 Å². The number of carbonyl (C=O) groups is 1. The summed E-state index contributed by atoms with van der Waals surface area (Å²) in [6, 6.07) is -0.323. The third kappa shape index (κ3) is 4.96. The molecule has 0 spiro atoms. The van der Waals surface area contributed by atoms with Crippen LogP contribution in [0.2, 0.25) is 0 Å². The number of hydrogen-bond acceptors (Lipinski definition) is 4. The summed E-state index contributed by atoms with van der Waals surface area (Å²) in [4.78, 5) is 35.4. The number of amides is 1. The first-order valence-corrected chi connectivity index (χ1v) is 8.47. The van der Waals surface area contributed by atoms with Gasteiger partial charge in [-0.2, -0.15) is 13.2 Å². The Kier molecular flexibility index (Phi) is 6.63. The van der Waals surface area contributed by atoms with Gasteiger partial charge in [-0.3, -0.25) is 18.7 Å². The molecule has 1 heterocycles. The average Bonchev–Trinajstić information content (AvgIpc) is 3.06. The molecule has 0 radical (unpaired) electrons. The maximum absolute atomic E-state index is 13.2. The van der Waals surface area contributed by atoms with Crippen LogP contribution in [-0.2, 0) is 22.3 Å². The van der Waals surface area contributed by atoms with Gasteiger partial charge >= 0.3 is 11.9 Å². The molecule has 1 saturated carbocycles. The Bertz CT molecular complexity index is 749. The van der Waals surface area contributed by atoms with E-state index in [9.17, 15) is 27.6 Å². The van der Waals surface area contributed by atoms with E-state index in [0.717, 1.165) is 17.4 Å². The number of carbonyl (C=O) groups excluding carboxylic acids is 1. The second-order valence-electron chi connectivity index (χ2n) is 6.22. The van der Waals surface area contributed by atoms with Crippen LogP contribution in [0.25, 0.3) is 0 Å². The summed E-state index contributed by atoms with van der Waals surface area (Å²) in [6.07, 6.45) is -1.28. The first-order chi connectivity index (χ1) is 12.2. The number of halogens is 3. The molecule has 0 unspecified atom stereocenters. The fourth-order valence-corrected chi connectivity index (χ4v) is 3.01. The van der Waals surface area contributed by atoms with Crippen LogP contribution < -0.4 is 16.6 Å². The molecule has 1 aliphatic rings. The van der Waals surface area contributed by atoms with Crippen molar-refractivity contribution >= 4 is 5.91 Å². The number of ether oxygens (including phenoxy) is 1. The van der Waals surface area contributed by atoms with Crippen LogP contribution >= 0.6 is 0 Å². The van der Waals surface area contributed by atoms with Crippen molar-refractivity contribution in [3.05, 3.63) is 32.6 Å². The summed E-state index contributed by atoms with van der Waals surface area (Å²) in [6.45, 7) is 1.31. The van der Waals surface area contributed by atoms with E-state index in [1.165, 1.54) is 6.92 Å². The van der Waals surface area contributed by atoms with E-state index in [-0.39, 0.29) is 38.3 Å². The average molecular weight is 377 g/mol. The Morgan fingerprint density at radius 1 is 1.27 bits per heavy atom. The van der Waals surface area contributed by atoms with Gasteiger partial charge in [0.1, 0.15) is 5.56 Å². The summed E-state index contributed by atoms with van der Waals surface area (Å²) in [5.41, 5.74) is -3.45. The fraction of sp³-hybridized carbons (Fsp3) is 0.688. The van der Waals surface area contributed by atoms with Crippen LogP contribution in [0, 0.1) is 0 Å². The quantitative estimate of drug-likeness (QED) is 0.726. The van der Waals surface area contributed by atoms with E-state index in [1.807, 2.05) is 0 Å². The zero-order chi connectivity index (χ0) is 19.3. The summed E-state index contributed by atoms with van der Waals surface area (Å²) in [5, 5.41) is 2.50. The first kappa shape index (κ1) is 20.2. The van der Waals surface area contributed by atoms with E-state index in [2.05, 4.69) is 5.32 Å². The van der Waals surface area contributed by atoms with E-state index in [1.54, 1.807) is 0 Å². The zero-order valence-electron chi connectivity index (χ0n) is 14.5. The molecule has 146 valence electrons. The van der Waals surface area contributed by atoms with E-state index < -0.39 is 23.0 Å². The second kappa shape index (κ2) is 8.52. The maximum atomic E-state index is 13.2. The van der Waals surface area contributed by atoms with Crippen molar-refractivity contribution in [1.82, 2.24) is 14.5 Å². The Morgan fingerprint density at radius 3 is 2.50 bits per heavy atom. The molecule has 26 heavy (non-hydrogen) atoms. The normalized spacial score (nSPS) is 15.4. The number of nitrogens with one attached hydrogen (secondary N) is 1. The van der Waals surface area contributed by atoms with Crippen LogP contribution in [0.3, 0.4) is 0 Å². The van der Waals surface area contributed by atoms with Crippen LogP contribution in [0.1, 0.15) is 44.2 Å². The van der Waals surface area contributed by atoms with Crippen LogP contribution in [-0.4, -0.2) is 34.8 Å². The monoisotopic (exact) mass is 377 g/mol. The highest BCUT2D eigenvalue weighted by Gasteiger charge is 2.37. The van der Waals surface area contributed by atoms with Gasteiger partial charge in [0.15, 0.2) is 0 Å². The molecule has 1 aromatic rings. The molecule has 0 aliphatic heterocycles. The Hall–Kier alpha value is -2.10. The summed E-state index contributed by atoms with van der Waals surface area (Å²) < 4.78 is 46.4. The third-order valence-corrected chi connectivity index (χ3v) is 4.30. The predicted molar refractivity (Wildman–Crippen MR) is 87.0 cm³/mol. The molecule has 10 heteroatoms. The van der Waals surface area contributed by atoms with Crippen molar-refractivity contribution < 1.29 is 22.7 Å². The first-order valence-electron chi connectivity index (χ1n) is 8.47. The lowest BCUT2D eigenvalue weighted by Crippen LogP contribution is -2.44. The number of rotatable bonds is 7. The molecule has 1 fully saturated rings. The molecule has 0 atom stereocenters. The molecule has 1 aliphatic carbocycles. The van der Waals surface area contributed by atoms with Crippen molar-refractivity contribution in [3.8, 4) is 0 Å². The van der Waals surface area contributed by atoms with Crippen molar-refractivity contribution in [1.29, 1.82) is 0 Å². The largest absolute Gasteiger partial charge is 0.423 e. The highest BCUT2D eigenvalue weighted by atomic mass is 19.4. The molecule has 1 aromatic heterocycles. The minimum atomic E-state index is -4.83. The van der Waals surface area contributed by atoms with Crippen molar-refractivity contribution in [2.75, 3.05) is 19.8 Å². The van der Waals surface area contributed by atoms with Crippen molar-refractivity contribution in [3.63, 3.8) is 0 Å². The van der Waals surface area contributed by atoms with E-state index >= 15 is 0 Å². The number of alkyl halides is 3. The minimum Gasteiger partial charge on any atom is -0.378 e. The standard InChI is InChI=1S/C16H22F3N3O4/c1-11(23)20-6-8-26-9-7-21-14(24)13(16(17,18)19)10-22(15(21)25)12-4-2-3-5-12/h10,12H,2-9H2,1H3,(H,20,23). The van der Waals surface area contributed by atoms with Gasteiger partial charge in [-0.25, -0.2) is 4.79 Å². The zero-order valence-corrected chi connectivity index (χ0v) is 14.5. The molecular weight excluding hydrogens is 355 g/mol. The Morgan fingerprint density at radius 2 is 1.92 bits per heavy atom. The summed E-state index contributed by atoms with van der Waals surface area (Å²) in [7, 11) is 0. The van der Waals surface area contributed by atoms with Gasteiger partial charge in [0.05, 0.1) is 19.8 Å². The van der Waals surface area contributed by atoms with Crippen molar-refractivity contribution in [2.24, 2.45) is 0 Å². The van der Waals surface area contributed by atoms with Crippen LogP contribution in [0.5, 0.6) is 0 Å². The van der Waals surface area contributed by atoms with Gasteiger partial charge in [0.25, 0.3) is 5.56 Å². The molecule has 0 aromatic carbocycles. The van der Waals surface area contributed by atoms with Gasteiger partial charge in [0.2, 0.25) is 5.91 Å².